The summed E-state index contributed by atoms with van der Waals surface area (Å²) < 4.78 is 85.2. The van der Waals surface area contributed by atoms with Gasteiger partial charge in [0.15, 0.2) is 0 Å². The van der Waals surface area contributed by atoms with Gasteiger partial charge >= 0.3 is 12.4 Å². The molecule has 0 heterocycles. The van der Waals surface area contributed by atoms with Crippen LogP contribution in [0.5, 0.6) is 0 Å². The molecule has 3 aromatic carbocycles. The zero-order chi connectivity index (χ0) is 24.3. The molecule has 1 nitrogen and oxygen atoms in total. The summed E-state index contributed by atoms with van der Waals surface area (Å²) in [6, 6.07) is 16.2. The van der Waals surface area contributed by atoms with Crippen LogP contribution >= 0.6 is 0 Å². The highest BCUT2D eigenvalue weighted by Crippen LogP contribution is 2.52. The van der Waals surface area contributed by atoms with Gasteiger partial charge in [-0.3, -0.25) is 0 Å². The minimum Gasteiger partial charge on any atom is -0.349 e. The smallest absolute Gasteiger partial charge is 0.349 e. The SMILES string of the molecule is C#Cc1ccc(C(c2ccc(C#CNC)cc2)(c2cccc(C(F)(F)F)c2)C(F)(F)F)cc1. The molecule has 0 fully saturated rings. The quantitative estimate of drug-likeness (QED) is 0.217. The van der Waals surface area contributed by atoms with Gasteiger partial charge in [0.25, 0.3) is 0 Å². The van der Waals surface area contributed by atoms with Gasteiger partial charge in [-0.2, -0.15) is 26.3 Å². The molecule has 3 aromatic rings. The molecule has 0 aromatic heterocycles. The van der Waals surface area contributed by atoms with Gasteiger partial charge < -0.3 is 5.32 Å². The minimum absolute atomic E-state index is 0.252. The second-order valence-corrected chi connectivity index (χ2v) is 7.13. The average molecular weight is 457 g/mol. The number of hydrogen-bond donors (Lipinski definition) is 1. The fraction of sp³-hybridized carbons (Fsp3) is 0.154. The Hall–Kier alpha value is -3.84. The van der Waals surface area contributed by atoms with Crippen molar-refractivity contribution in [2.75, 3.05) is 7.05 Å². The number of rotatable bonds is 3. The molecule has 0 saturated carbocycles. The van der Waals surface area contributed by atoms with E-state index in [0.717, 1.165) is 18.2 Å². The highest BCUT2D eigenvalue weighted by molar-refractivity contribution is 5.55. The molecule has 0 amide bonds. The normalized spacial score (nSPS) is 13.3. The molecule has 0 radical (unpaired) electrons. The standard InChI is InChI=1S/C26H17F6N/c1-3-18-7-11-20(12-8-18)24(26(30,31)32,21-13-9-19(10-14-21)15-16-33-2)22-5-4-6-23(17-22)25(27,28)29/h1,4-14,17,33H,2H3. The summed E-state index contributed by atoms with van der Waals surface area (Å²) in [5, 5.41) is 2.60. The molecule has 168 valence electrons. The predicted octanol–water partition coefficient (Wildman–Crippen LogP) is 6.11. The molecule has 33 heavy (non-hydrogen) atoms. The van der Waals surface area contributed by atoms with Gasteiger partial charge in [-0.15, -0.1) is 6.42 Å². The Bertz CT molecular complexity index is 1220. The molecular weight excluding hydrogens is 440 g/mol. The molecular formula is C26H17F6N. The Balaban J connectivity index is 2.38. The molecule has 7 heteroatoms. The first kappa shape index (κ1) is 23.8. The van der Waals surface area contributed by atoms with Crippen LogP contribution in [0.2, 0.25) is 0 Å². The Kier molecular flexibility index (Phi) is 6.46. The topological polar surface area (TPSA) is 12.0 Å². The maximum Gasteiger partial charge on any atom is 0.416 e. The van der Waals surface area contributed by atoms with Crippen LogP contribution in [-0.4, -0.2) is 13.2 Å². The van der Waals surface area contributed by atoms with Gasteiger partial charge in [-0.25, -0.2) is 0 Å². The van der Waals surface area contributed by atoms with Crippen LogP contribution in [0.4, 0.5) is 26.3 Å². The number of terminal acetylenes is 1. The number of halogens is 6. The van der Waals surface area contributed by atoms with Crippen molar-refractivity contribution in [1.29, 1.82) is 0 Å². The number of benzene rings is 3. The first-order valence-electron chi connectivity index (χ1n) is 9.64. The van der Waals surface area contributed by atoms with E-state index in [4.69, 9.17) is 6.42 Å². The summed E-state index contributed by atoms with van der Waals surface area (Å²) in [7, 11) is 1.59. The Morgan fingerprint density at radius 1 is 0.697 bits per heavy atom. The van der Waals surface area contributed by atoms with E-state index in [2.05, 4.69) is 23.2 Å². The molecule has 0 aliphatic heterocycles. The van der Waals surface area contributed by atoms with Crippen LogP contribution in [0, 0.1) is 24.3 Å². The van der Waals surface area contributed by atoms with Crippen molar-refractivity contribution in [3.63, 3.8) is 0 Å². The fourth-order valence-electron chi connectivity index (χ4n) is 3.67. The Labute approximate surface area is 187 Å². The lowest BCUT2D eigenvalue weighted by Gasteiger charge is -2.38. The lowest BCUT2D eigenvalue weighted by atomic mass is 9.68. The van der Waals surface area contributed by atoms with E-state index in [1.807, 2.05) is 0 Å². The van der Waals surface area contributed by atoms with E-state index in [1.165, 1.54) is 48.5 Å². The zero-order valence-corrected chi connectivity index (χ0v) is 17.3. The van der Waals surface area contributed by atoms with E-state index in [9.17, 15) is 26.3 Å². The summed E-state index contributed by atoms with van der Waals surface area (Å²) in [4.78, 5) is 0. The van der Waals surface area contributed by atoms with Gasteiger partial charge in [0.05, 0.1) is 5.56 Å². The molecule has 3 rings (SSSR count). The van der Waals surface area contributed by atoms with Crippen LogP contribution in [0.25, 0.3) is 0 Å². The van der Waals surface area contributed by atoms with Crippen molar-refractivity contribution in [2.24, 2.45) is 0 Å². The summed E-state index contributed by atoms with van der Waals surface area (Å²) in [5.41, 5.74) is -4.35. The monoisotopic (exact) mass is 457 g/mol. The Morgan fingerprint density at radius 2 is 1.21 bits per heavy atom. The molecule has 0 aliphatic rings. The van der Waals surface area contributed by atoms with Crippen molar-refractivity contribution in [1.82, 2.24) is 5.32 Å². The van der Waals surface area contributed by atoms with Crippen LogP contribution < -0.4 is 5.32 Å². The van der Waals surface area contributed by atoms with Crippen molar-refractivity contribution in [3.05, 3.63) is 106 Å². The van der Waals surface area contributed by atoms with Gasteiger partial charge in [0, 0.05) is 24.2 Å². The minimum atomic E-state index is -4.99. The highest BCUT2D eigenvalue weighted by Gasteiger charge is 2.58. The molecule has 1 unspecified atom stereocenters. The number of alkyl halides is 6. The second kappa shape index (κ2) is 8.96. The van der Waals surface area contributed by atoms with Crippen LogP contribution in [0.1, 0.15) is 33.4 Å². The van der Waals surface area contributed by atoms with Gasteiger partial charge in [-0.1, -0.05) is 48.4 Å². The predicted molar refractivity (Wildman–Crippen MR) is 114 cm³/mol. The maximum absolute atomic E-state index is 15.0. The third-order valence-electron chi connectivity index (χ3n) is 5.18. The second-order valence-electron chi connectivity index (χ2n) is 7.13. The third-order valence-corrected chi connectivity index (χ3v) is 5.18. The van der Waals surface area contributed by atoms with Gasteiger partial charge in [0.1, 0.15) is 5.41 Å². The Morgan fingerprint density at radius 3 is 1.67 bits per heavy atom. The van der Waals surface area contributed by atoms with Crippen LogP contribution in [0.15, 0.2) is 72.8 Å². The van der Waals surface area contributed by atoms with Crippen LogP contribution in [-0.2, 0) is 11.6 Å². The third kappa shape index (κ3) is 4.54. The number of hydrogen-bond acceptors (Lipinski definition) is 1. The summed E-state index contributed by atoms with van der Waals surface area (Å²) in [6.07, 6.45) is -4.48. The van der Waals surface area contributed by atoms with Gasteiger partial charge in [0.2, 0.25) is 0 Å². The highest BCUT2D eigenvalue weighted by atomic mass is 19.4. The van der Waals surface area contributed by atoms with E-state index < -0.39 is 28.9 Å². The summed E-state index contributed by atoms with van der Waals surface area (Å²) in [5.74, 6) is 5.05. The molecule has 0 spiro atoms. The van der Waals surface area contributed by atoms with E-state index >= 15 is 0 Å². The molecule has 1 atom stereocenters. The first-order chi connectivity index (χ1) is 15.5. The maximum atomic E-state index is 15.0. The largest absolute Gasteiger partial charge is 0.416 e. The first-order valence-corrected chi connectivity index (χ1v) is 9.64. The van der Waals surface area contributed by atoms with E-state index in [-0.39, 0.29) is 11.1 Å². The molecule has 0 saturated heterocycles. The lowest BCUT2D eigenvalue weighted by Crippen LogP contribution is -2.44. The molecule has 0 bridgehead atoms. The van der Waals surface area contributed by atoms with Crippen molar-refractivity contribution in [2.45, 2.75) is 17.8 Å². The summed E-state index contributed by atoms with van der Waals surface area (Å²) >= 11 is 0. The van der Waals surface area contributed by atoms with Crippen molar-refractivity contribution in [3.8, 4) is 24.3 Å². The lowest BCUT2D eigenvalue weighted by molar-refractivity contribution is -0.167. The van der Waals surface area contributed by atoms with E-state index in [1.54, 1.807) is 7.05 Å². The average Bonchev–Trinajstić information content (AvgIpc) is 2.78. The fourth-order valence-corrected chi connectivity index (χ4v) is 3.67. The molecule has 1 N–H and O–H groups in total. The zero-order valence-electron chi connectivity index (χ0n) is 17.3. The van der Waals surface area contributed by atoms with Crippen molar-refractivity contribution < 1.29 is 26.3 Å². The molecule has 0 aliphatic carbocycles. The van der Waals surface area contributed by atoms with E-state index in [0.29, 0.717) is 17.2 Å². The van der Waals surface area contributed by atoms with Gasteiger partial charge in [-0.05, 0) is 52.9 Å². The summed E-state index contributed by atoms with van der Waals surface area (Å²) in [6.45, 7) is 0. The van der Waals surface area contributed by atoms with Crippen LogP contribution in [0.3, 0.4) is 0 Å². The van der Waals surface area contributed by atoms with Crippen molar-refractivity contribution >= 4 is 0 Å². The number of nitrogens with one attached hydrogen (secondary N) is 1.